The summed E-state index contributed by atoms with van der Waals surface area (Å²) in [7, 11) is 3.40. The highest BCUT2D eigenvalue weighted by atomic mass is 19.1. The van der Waals surface area contributed by atoms with E-state index in [-0.39, 0.29) is 11.7 Å². The van der Waals surface area contributed by atoms with Crippen molar-refractivity contribution in [2.24, 2.45) is 0 Å². The fraction of sp³-hybridized carbons (Fsp3) is 0.417. The second kappa shape index (κ2) is 5.49. The van der Waals surface area contributed by atoms with E-state index < -0.39 is 0 Å². The Balaban J connectivity index is 2.43. The lowest BCUT2D eigenvalue weighted by atomic mass is 10.2. The molecule has 0 aliphatic rings. The highest BCUT2D eigenvalue weighted by molar-refractivity contribution is 5.75. The van der Waals surface area contributed by atoms with E-state index >= 15 is 0 Å². The maximum absolute atomic E-state index is 12.9. The molecule has 1 aromatic rings. The van der Waals surface area contributed by atoms with Crippen LogP contribution in [0.5, 0.6) is 5.75 Å². The molecule has 0 saturated heterocycles. The van der Waals surface area contributed by atoms with E-state index in [2.05, 4.69) is 0 Å². The van der Waals surface area contributed by atoms with Gasteiger partial charge in [-0.25, -0.2) is 4.39 Å². The normalized spacial score (nSPS) is 10.0. The zero-order valence-corrected chi connectivity index (χ0v) is 9.79. The van der Waals surface area contributed by atoms with E-state index in [1.54, 1.807) is 33.2 Å². The number of hydrogen-bond donors (Lipinski definition) is 0. The van der Waals surface area contributed by atoms with Gasteiger partial charge >= 0.3 is 0 Å². The Kier molecular flexibility index (Phi) is 4.28. The Morgan fingerprint density at radius 1 is 1.44 bits per heavy atom. The maximum atomic E-state index is 12.9. The minimum Gasteiger partial charge on any atom is -0.493 e. The molecule has 0 N–H and O–H groups in total. The molecule has 1 aromatic carbocycles. The Morgan fingerprint density at radius 2 is 2.12 bits per heavy atom. The van der Waals surface area contributed by atoms with Gasteiger partial charge in [0.25, 0.3) is 0 Å². The topological polar surface area (TPSA) is 29.5 Å². The van der Waals surface area contributed by atoms with Crippen molar-refractivity contribution in [2.45, 2.75) is 13.3 Å². The van der Waals surface area contributed by atoms with E-state index in [9.17, 15) is 9.18 Å². The van der Waals surface area contributed by atoms with Gasteiger partial charge in [0, 0.05) is 14.1 Å². The average Bonchev–Trinajstić information content (AvgIpc) is 2.23. The second-order valence-electron chi connectivity index (χ2n) is 3.80. The molecule has 0 bridgehead atoms. The zero-order valence-electron chi connectivity index (χ0n) is 9.79. The molecule has 0 aliphatic heterocycles. The second-order valence-corrected chi connectivity index (χ2v) is 3.80. The summed E-state index contributed by atoms with van der Waals surface area (Å²) in [5.74, 6) is 0.348. The number of carbonyl (C=O) groups is 1. The van der Waals surface area contributed by atoms with Gasteiger partial charge in [0.1, 0.15) is 11.6 Å². The van der Waals surface area contributed by atoms with E-state index in [1.165, 1.54) is 11.0 Å². The van der Waals surface area contributed by atoms with E-state index in [1.807, 2.05) is 0 Å². The molecular weight excluding hydrogens is 209 g/mol. The number of aryl methyl sites for hydroxylation is 1. The van der Waals surface area contributed by atoms with Gasteiger partial charge in [0.2, 0.25) is 5.91 Å². The number of benzene rings is 1. The molecular formula is C12H16FNO2. The summed E-state index contributed by atoms with van der Waals surface area (Å²) < 4.78 is 18.3. The summed E-state index contributed by atoms with van der Waals surface area (Å²) in [4.78, 5) is 12.8. The van der Waals surface area contributed by atoms with Crippen LogP contribution in [0.1, 0.15) is 12.0 Å². The Hall–Kier alpha value is -1.58. The van der Waals surface area contributed by atoms with Gasteiger partial charge in [0.15, 0.2) is 0 Å². The van der Waals surface area contributed by atoms with Gasteiger partial charge in [0.05, 0.1) is 13.0 Å². The molecule has 0 unspecified atom stereocenters. The van der Waals surface area contributed by atoms with Gasteiger partial charge in [-0.2, -0.15) is 0 Å². The SMILES string of the molecule is Cc1cc(OCCC(=O)N(C)C)ccc1F. The molecule has 3 nitrogen and oxygen atoms in total. The summed E-state index contributed by atoms with van der Waals surface area (Å²) in [6.45, 7) is 1.98. The summed E-state index contributed by atoms with van der Waals surface area (Å²) in [5, 5.41) is 0. The van der Waals surface area contributed by atoms with Gasteiger partial charge < -0.3 is 9.64 Å². The van der Waals surface area contributed by atoms with Crippen molar-refractivity contribution in [1.29, 1.82) is 0 Å². The summed E-state index contributed by atoms with van der Waals surface area (Å²) in [5.41, 5.74) is 0.538. The monoisotopic (exact) mass is 225 g/mol. The molecule has 0 radical (unpaired) electrons. The highest BCUT2D eigenvalue weighted by Gasteiger charge is 2.04. The number of nitrogens with zero attached hydrogens (tertiary/aromatic N) is 1. The van der Waals surface area contributed by atoms with Crippen LogP contribution in [0.3, 0.4) is 0 Å². The lowest BCUT2D eigenvalue weighted by Crippen LogP contribution is -2.23. The standard InChI is InChI=1S/C12H16FNO2/c1-9-8-10(4-5-11(9)13)16-7-6-12(15)14(2)3/h4-5,8H,6-7H2,1-3H3. The number of halogens is 1. The number of ether oxygens (including phenoxy) is 1. The van der Waals surface area contributed by atoms with Crippen molar-refractivity contribution >= 4 is 5.91 Å². The minimum atomic E-state index is -0.253. The van der Waals surface area contributed by atoms with Crippen LogP contribution in [-0.4, -0.2) is 31.5 Å². The first kappa shape index (κ1) is 12.5. The molecule has 88 valence electrons. The van der Waals surface area contributed by atoms with Crippen LogP contribution in [0, 0.1) is 12.7 Å². The number of hydrogen-bond acceptors (Lipinski definition) is 2. The van der Waals surface area contributed by atoms with Gasteiger partial charge in [-0.05, 0) is 30.7 Å². The van der Waals surface area contributed by atoms with Crippen LogP contribution in [0.25, 0.3) is 0 Å². The molecule has 1 amide bonds. The predicted octanol–water partition coefficient (Wildman–Crippen LogP) is 1.99. The Labute approximate surface area is 94.8 Å². The van der Waals surface area contributed by atoms with Crippen molar-refractivity contribution in [3.63, 3.8) is 0 Å². The first-order chi connectivity index (χ1) is 7.50. The van der Waals surface area contributed by atoms with Crippen molar-refractivity contribution in [1.82, 2.24) is 4.90 Å². The van der Waals surface area contributed by atoms with Crippen LogP contribution < -0.4 is 4.74 Å². The van der Waals surface area contributed by atoms with Crippen molar-refractivity contribution < 1.29 is 13.9 Å². The summed E-state index contributed by atoms with van der Waals surface area (Å²) in [6, 6.07) is 4.54. The third-order valence-electron chi connectivity index (χ3n) is 2.21. The lowest BCUT2D eigenvalue weighted by molar-refractivity contribution is -0.129. The third kappa shape index (κ3) is 3.53. The zero-order chi connectivity index (χ0) is 12.1. The maximum Gasteiger partial charge on any atom is 0.225 e. The number of rotatable bonds is 4. The molecule has 0 fully saturated rings. The van der Waals surface area contributed by atoms with Crippen LogP contribution in [0.2, 0.25) is 0 Å². The average molecular weight is 225 g/mol. The molecule has 0 heterocycles. The predicted molar refractivity (Wildman–Crippen MR) is 59.9 cm³/mol. The van der Waals surface area contributed by atoms with Crippen LogP contribution in [0.15, 0.2) is 18.2 Å². The first-order valence-corrected chi connectivity index (χ1v) is 5.10. The highest BCUT2D eigenvalue weighted by Crippen LogP contribution is 2.15. The molecule has 1 rings (SSSR count). The van der Waals surface area contributed by atoms with E-state index in [0.29, 0.717) is 24.3 Å². The molecule has 16 heavy (non-hydrogen) atoms. The van der Waals surface area contributed by atoms with Crippen molar-refractivity contribution in [3.05, 3.63) is 29.6 Å². The molecule has 0 atom stereocenters. The van der Waals surface area contributed by atoms with E-state index in [4.69, 9.17) is 4.74 Å². The smallest absolute Gasteiger partial charge is 0.225 e. The Bertz CT molecular complexity index is 377. The molecule has 4 heteroatoms. The van der Waals surface area contributed by atoms with Crippen molar-refractivity contribution in [2.75, 3.05) is 20.7 Å². The summed E-state index contributed by atoms with van der Waals surface area (Å²) in [6.07, 6.45) is 0.323. The molecule has 0 aliphatic carbocycles. The van der Waals surface area contributed by atoms with Gasteiger partial charge in [-0.1, -0.05) is 0 Å². The fourth-order valence-corrected chi connectivity index (χ4v) is 1.19. The largest absolute Gasteiger partial charge is 0.493 e. The number of amides is 1. The fourth-order valence-electron chi connectivity index (χ4n) is 1.19. The molecule has 0 aromatic heterocycles. The quantitative estimate of drug-likeness (QED) is 0.784. The van der Waals surface area contributed by atoms with Crippen LogP contribution >= 0.6 is 0 Å². The van der Waals surface area contributed by atoms with E-state index in [0.717, 1.165) is 0 Å². The van der Waals surface area contributed by atoms with Crippen LogP contribution in [0.4, 0.5) is 4.39 Å². The van der Waals surface area contributed by atoms with Crippen LogP contribution in [-0.2, 0) is 4.79 Å². The van der Waals surface area contributed by atoms with Gasteiger partial charge in [-0.15, -0.1) is 0 Å². The van der Waals surface area contributed by atoms with Gasteiger partial charge in [-0.3, -0.25) is 4.79 Å². The molecule has 0 spiro atoms. The Morgan fingerprint density at radius 3 is 2.69 bits per heavy atom. The number of carbonyl (C=O) groups excluding carboxylic acids is 1. The third-order valence-corrected chi connectivity index (χ3v) is 2.21. The molecule has 0 saturated carbocycles. The first-order valence-electron chi connectivity index (χ1n) is 5.10. The summed E-state index contributed by atoms with van der Waals surface area (Å²) >= 11 is 0. The lowest BCUT2D eigenvalue weighted by Gasteiger charge is -2.11. The minimum absolute atomic E-state index is 0.0128. The van der Waals surface area contributed by atoms with Crippen molar-refractivity contribution in [3.8, 4) is 5.75 Å².